The van der Waals surface area contributed by atoms with E-state index in [9.17, 15) is 0 Å². The molecule has 0 spiro atoms. The normalized spacial score (nSPS) is 11.8. The SMILES string of the molecule is CC.CCCC[C@@H](C)CNCC. The van der Waals surface area contributed by atoms with Gasteiger partial charge in [0.25, 0.3) is 0 Å². The van der Waals surface area contributed by atoms with Crippen LogP contribution in [-0.2, 0) is 0 Å². The van der Waals surface area contributed by atoms with Gasteiger partial charge in [-0.25, -0.2) is 0 Å². The first-order chi connectivity index (χ1) is 5.81. The zero-order valence-electron chi connectivity index (χ0n) is 9.61. The average molecular weight is 173 g/mol. The third kappa shape index (κ3) is 12.6. The second-order valence-electron chi connectivity index (χ2n) is 3.06. The predicted molar refractivity (Wildman–Crippen MR) is 58.6 cm³/mol. The Kier molecular flexibility index (Phi) is 16.3. The first kappa shape index (κ1) is 14.5. The van der Waals surface area contributed by atoms with Crippen LogP contribution >= 0.6 is 0 Å². The fourth-order valence-corrected chi connectivity index (χ4v) is 1.05. The molecule has 1 heteroatoms. The van der Waals surface area contributed by atoms with E-state index in [2.05, 4.69) is 26.1 Å². The topological polar surface area (TPSA) is 12.0 Å². The van der Waals surface area contributed by atoms with E-state index < -0.39 is 0 Å². The summed E-state index contributed by atoms with van der Waals surface area (Å²) in [5.74, 6) is 0.861. The highest BCUT2D eigenvalue weighted by atomic mass is 14.8. The van der Waals surface area contributed by atoms with Crippen LogP contribution in [0, 0.1) is 5.92 Å². The second kappa shape index (κ2) is 13.5. The quantitative estimate of drug-likeness (QED) is 0.648. The van der Waals surface area contributed by atoms with Gasteiger partial charge in [-0.3, -0.25) is 0 Å². The van der Waals surface area contributed by atoms with E-state index in [1.165, 1.54) is 25.8 Å². The zero-order chi connectivity index (χ0) is 9.82. The summed E-state index contributed by atoms with van der Waals surface area (Å²) >= 11 is 0. The van der Waals surface area contributed by atoms with E-state index in [4.69, 9.17) is 0 Å². The van der Waals surface area contributed by atoms with Crippen LogP contribution in [0.1, 0.15) is 53.9 Å². The van der Waals surface area contributed by atoms with Crippen molar-refractivity contribution in [1.29, 1.82) is 0 Å². The summed E-state index contributed by atoms with van der Waals surface area (Å²) in [5.41, 5.74) is 0. The van der Waals surface area contributed by atoms with Crippen LogP contribution in [0.2, 0.25) is 0 Å². The summed E-state index contributed by atoms with van der Waals surface area (Å²) in [4.78, 5) is 0. The smallest absolute Gasteiger partial charge is 0.00233 e. The summed E-state index contributed by atoms with van der Waals surface area (Å²) in [6, 6.07) is 0. The summed E-state index contributed by atoms with van der Waals surface area (Å²) in [5, 5.41) is 3.36. The van der Waals surface area contributed by atoms with Gasteiger partial charge in [-0.05, 0) is 25.4 Å². The molecule has 12 heavy (non-hydrogen) atoms. The number of hydrogen-bond donors (Lipinski definition) is 1. The van der Waals surface area contributed by atoms with E-state index in [0.717, 1.165) is 12.5 Å². The van der Waals surface area contributed by atoms with Gasteiger partial charge in [-0.2, -0.15) is 0 Å². The van der Waals surface area contributed by atoms with Crippen LogP contribution in [0.3, 0.4) is 0 Å². The summed E-state index contributed by atoms with van der Waals surface area (Å²) < 4.78 is 0. The van der Waals surface area contributed by atoms with Gasteiger partial charge in [0.2, 0.25) is 0 Å². The molecule has 1 N–H and O–H groups in total. The van der Waals surface area contributed by atoms with E-state index in [1.807, 2.05) is 13.8 Å². The van der Waals surface area contributed by atoms with Crippen LogP contribution in [0.25, 0.3) is 0 Å². The molecule has 0 heterocycles. The Bertz CT molecular complexity index is 54.0. The first-order valence-electron chi connectivity index (χ1n) is 5.52. The molecule has 0 aliphatic carbocycles. The van der Waals surface area contributed by atoms with E-state index in [-0.39, 0.29) is 0 Å². The minimum absolute atomic E-state index is 0.861. The Hall–Kier alpha value is -0.0400. The van der Waals surface area contributed by atoms with Crippen molar-refractivity contribution in [3.8, 4) is 0 Å². The molecule has 0 rings (SSSR count). The van der Waals surface area contributed by atoms with Crippen molar-refractivity contribution in [3.63, 3.8) is 0 Å². The lowest BCUT2D eigenvalue weighted by atomic mass is 10.0. The Labute approximate surface area is 78.9 Å². The first-order valence-corrected chi connectivity index (χ1v) is 5.52. The molecule has 0 saturated carbocycles. The molecular formula is C11H27N. The predicted octanol–water partition coefficient (Wildman–Crippen LogP) is 3.45. The molecule has 1 atom stereocenters. The van der Waals surface area contributed by atoms with Crippen LogP contribution in [0.5, 0.6) is 0 Å². The van der Waals surface area contributed by atoms with Gasteiger partial charge >= 0.3 is 0 Å². The molecule has 0 radical (unpaired) electrons. The van der Waals surface area contributed by atoms with Crippen molar-refractivity contribution < 1.29 is 0 Å². The van der Waals surface area contributed by atoms with E-state index >= 15 is 0 Å². The van der Waals surface area contributed by atoms with Gasteiger partial charge in [-0.15, -0.1) is 0 Å². The molecule has 0 aliphatic heterocycles. The molecule has 0 bridgehead atoms. The van der Waals surface area contributed by atoms with Crippen molar-refractivity contribution in [1.82, 2.24) is 5.32 Å². The molecule has 1 nitrogen and oxygen atoms in total. The highest BCUT2D eigenvalue weighted by Crippen LogP contribution is 2.05. The molecule has 0 amide bonds. The Morgan fingerprint density at radius 3 is 2.17 bits per heavy atom. The van der Waals surface area contributed by atoms with Gasteiger partial charge in [0, 0.05) is 0 Å². The molecule has 76 valence electrons. The Morgan fingerprint density at radius 1 is 1.17 bits per heavy atom. The van der Waals surface area contributed by atoms with E-state index in [1.54, 1.807) is 0 Å². The number of rotatable bonds is 6. The minimum atomic E-state index is 0.861. The van der Waals surface area contributed by atoms with Gasteiger partial charge in [0.15, 0.2) is 0 Å². The van der Waals surface area contributed by atoms with Crippen LogP contribution in [-0.4, -0.2) is 13.1 Å². The molecule has 0 fully saturated rings. The molecule has 0 aromatic carbocycles. The molecule has 0 unspecified atom stereocenters. The molecule has 0 saturated heterocycles. The maximum atomic E-state index is 3.36. The summed E-state index contributed by atoms with van der Waals surface area (Å²) in [7, 11) is 0. The van der Waals surface area contributed by atoms with Crippen molar-refractivity contribution in [2.45, 2.75) is 53.9 Å². The van der Waals surface area contributed by atoms with Crippen LogP contribution < -0.4 is 5.32 Å². The molecule has 0 aromatic rings. The average Bonchev–Trinajstić information content (AvgIpc) is 2.14. The Balaban J connectivity index is 0. The summed E-state index contributed by atoms with van der Waals surface area (Å²) in [6.45, 7) is 13.0. The van der Waals surface area contributed by atoms with Gasteiger partial charge < -0.3 is 5.32 Å². The standard InChI is InChI=1S/C9H21N.C2H6/c1-4-6-7-9(3)8-10-5-2;1-2/h9-10H,4-8H2,1-3H3;1-2H3/t9-;/m1./s1. The van der Waals surface area contributed by atoms with Crippen LogP contribution in [0.4, 0.5) is 0 Å². The third-order valence-electron chi connectivity index (χ3n) is 1.79. The van der Waals surface area contributed by atoms with Crippen molar-refractivity contribution in [2.24, 2.45) is 5.92 Å². The van der Waals surface area contributed by atoms with Crippen molar-refractivity contribution >= 4 is 0 Å². The summed E-state index contributed by atoms with van der Waals surface area (Å²) in [6.07, 6.45) is 4.09. The molecular weight excluding hydrogens is 146 g/mol. The fraction of sp³-hybridized carbons (Fsp3) is 1.00. The van der Waals surface area contributed by atoms with Gasteiger partial charge in [0.05, 0.1) is 0 Å². The lowest BCUT2D eigenvalue weighted by Crippen LogP contribution is -2.20. The number of nitrogens with one attached hydrogen (secondary N) is 1. The second-order valence-corrected chi connectivity index (χ2v) is 3.06. The largest absolute Gasteiger partial charge is 0.317 e. The lowest BCUT2D eigenvalue weighted by molar-refractivity contribution is 0.471. The van der Waals surface area contributed by atoms with Crippen LogP contribution in [0.15, 0.2) is 0 Å². The maximum absolute atomic E-state index is 3.36. The van der Waals surface area contributed by atoms with Crippen molar-refractivity contribution in [2.75, 3.05) is 13.1 Å². The van der Waals surface area contributed by atoms with E-state index in [0.29, 0.717) is 0 Å². The number of hydrogen-bond acceptors (Lipinski definition) is 1. The third-order valence-corrected chi connectivity index (χ3v) is 1.79. The Morgan fingerprint density at radius 2 is 1.75 bits per heavy atom. The minimum Gasteiger partial charge on any atom is -0.317 e. The number of unbranched alkanes of at least 4 members (excludes halogenated alkanes) is 1. The maximum Gasteiger partial charge on any atom is -0.00233 e. The lowest BCUT2D eigenvalue weighted by Gasteiger charge is -2.09. The highest BCUT2D eigenvalue weighted by molar-refractivity contribution is 4.55. The van der Waals surface area contributed by atoms with Gasteiger partial charge in [0.1, 0.15) is 0 Å². The molecule has 0 aliphatic rings. The molecule has 0 aromatic heterocycles. The van der Waals surface area contributed by atoms with Crippen molar-refractivity contribution in [3.05, 3.63) is 0 Å². The fourth-order valence-electron chi connectivity index (χ4n) is 1.05. The monoisotopic (exact) mass is 173 g/mol. The highest BCUT2D eigenvalue weighted by Gasteiger charge is 1.98. The zero-order valence-corrected chi connectivity index (χ0v) is 9.61. The van der Waals surface area contributed by atoms with Gasteiger partial charge in [-0.1, -0.05) is 47.5 Å².